The van der Waals surface area contributed by atoms with Crippen molar-refractivity contribution in [1.29, 1.82) is 0 Å². The SMILES string of the molecule is CC(C)(C)[C@@H]1OC[C@]2([C@@H](O)[C@@H]3C=CCCC3)N1C(=O)[C@H](CCO)[C@]2(C)O. The van der Waals surface area contributed by atoms with Crippen LogP contribution in [0.3, 0.4) is 0 Å². The van der Waals surface area contributed by atoms with Crippen LogP contribution in [0.15, 0.2) is 12.2 Å². The van der Waals surface area contributed by atoms with E-state index in [0.717, 1.165) is 19.3 Å². The molecule has 6 atom stereocenters. The number of ether oxygens (including phenoxy) is 1. The van der Waals surface area contributed by atoms with E-state index in [0.29, 0.717) is 0 Å². The summed E-state index contributed by atoms with van der Waals surface area (Å²) in [4.78, 5) is 14.9. The third kappa shape index (κ3) is 2.65. The predicted octanol–water partition coefficient (Wildman–Crippen LogP) is 1.44. The molecule has 0 unspecified atom stereocenters. The Morgan fingerprint density at radius 3 is 2.65 bits per heavy atom. The zero-order chi connectivity index (χ0) is 19.3. The predicted molar refractivity (Wildman–Crippen MR) is 97.1 cm³/mol. The van der Waals surface area contributed by atoms with Gasteiger partial charge in [-0.2, -0.15) is 0 Å². The second-order valence-corrected chi connectivity index (χ2v) is 9.34. The molecule has 0 spiro atoms. The molecule has 1 aliphatic carbocycles. The Balaban J connectivity index is 2.09. The van der Waals surface area contributed by atoms with E-state index in [1.807, 2.05) is 26.8 Å². The molecule has 3 N–H and O–H groups in total. The van der Waals surface area contributed by atoms with Gasteiger partial charge in [-0.15, -0.1) is 0 Å². The van der Waals surface area contributed by atoms with Gasteiger partial charge in [0, 0.05) is 17.9 Å². The van der Waals surface area contributed by atoms with Gasteiger partial charge in [0.05, 0.1) is 18.6 Å². The van der Waals surface area contributed by atoms with E-state index in [1.165, 1.54) is 0 Å². The summed E-state index contributed by atoms with van der Waals surface area (Å²) in [6.45, 7) is 7.50. The van der Waals surface area contributed by atoms with Crippen LogP contribution in [0, 0.1) is 17.3 Å². The maximum atomic E-state index is 13.3. The molecule has 0 aromatic carbocycles. The van der Waals surface area contributed by atoms with Gasteiger partial charge in [-0.25, -0.2) is 0 Å². The van der Waals surface area contributed by atoms with Gasteiger partial charge < -0.3 is 25.0 Å². The topological polar surface area (TPSA) is 90.2 Å². The zero-order valence-corrected chi connectivity index (χ0v) is 16.3. The molecular weight excluding hydrogens is 334 g/mol. The largest absolute Gasteiger partial charge is 0.396 e. The van der Waals surface area contributed by atoms with Crippen molar-refractivity contribution in [2.24, 2.45) is 17.3 Å². The van der Waals surface area contributed by atoms with Crippen LogP contribution in [0.1, 0.15) is 53.4 Å². The second-order valence-electron chi connectivity index (χ2n) is 9.34. The quantitative estimate of drug-likeness (QED) is 0.654. The highest BCUT2D eigenvalue weighted by Gasteiger charge is 2.74. The first kappa shape index (κ1) is 19.8. The lowest BCUT2D eigenvalue weighted by Gasteiger charge is -2.47. The lowest BCUT2D eigenvalue weighted by atomic mass is 9.68. The number of hydrogen-bond donors (Lipinski definition) is 3. The minimum Gasteiger partial charge on any atom is -0.396 e. The Labute approximate surface area is 155 Å². The van der Waals surface area contributed by atoms with Crippen LogP contribution < -0.4 is 0 Å². The van der Waals surface area contributed by atoms with Crippen molar-refractivity contribution in [3.8, 4) is 0 Å². The average Bonchev–Trinajstić information content (AvgIpc) is 3.07. The lowest BCUT2D eigenvalue weighted by Crippen LogP contribution is -2.67. The first-order valence-electron chi connectivity index (χ1n) is 9.71. The van der Waals surface area contributed by atoms with E-state index in [1.54, 1.807) is 11.8 Å². The minimum absolute atomic E-state index is 0.0983. The summed E-state index contributed by atoms with van der Waals surface area (Å²) in [6, 6.07) is 0. The van der Waals surface area contributed by atoms with E-state index in [4.69, 9.17) is 4.74 Å². The van der Waals surface area contributed by atoms with E-state index in [-0.39, 0.29) is 36.9 Å². The number of allylic oxidation sites excluding steroid dienone is 1. The molecule has 0 bridgehead atoms. The fourth-order valence-electron chi connectivity index (χ4n) is 5.13. The summed E-state index contributed by atoms with van der Waals surface area (Å²) in [6.07, 6.45) is 5.59. The van der Waals surface area contributed by atoms with Gasteiger partial charge in [0.1, 0.15) is 17.4 Å². The van der Waals surface area contributed by atoms with Crippen LogP contribution in [0.2, 0.25) is 0 Å². The number of carbonyl (C=O) groups excluding carboxylic acids is 1. The van der Waals surface area contributed by atoms with Crippen molar-refractivity contribution in [2.45, 2.75) is 76.9 Å². The standard InChI is InChI=1S/C20H33NO5/c1-18(2,3)17-21-16(24)14(10-11-22)19(4,25)20(21,12-26-17)15(23)13-8-6-5-7-9-13/h6,8,13-15,17,22-23,25H,5,7,9-12H2,1-4H3/t13-,14+,15+,17+,19+,20-/m1/s1. The summed E-state index contributed by atoms with van der Waals surface area (Å²) in [5, 5.41) is 32.4. The number of fused-ring (bicyclic) bond motifs is 1. The van der Waals surface area contributed by atoms with Crippen LogP contribution >= 0.6 is 0 Å². The Hall–Kier alpha value is -0.950. The molecule has 0 aromatic rings. The van der Waals surface area contributed by atoms with Gasteiger partial charge in [-0.1, -0.05) is 32.9 Å². The van der Waals surface area contributed by atoms with Crippen LogP contribution in [-0.2, 0) is 9.53 Å². The third-order valence-electron chi connectivity index (χ3n) is 6.56. The number of rotatable bonds is 4. The molecule has 1 amide bonds. The molecule has 26 heavy (non-hydrogen) atoms. The smallest absolute Gasteiger partial charge is 0.231 e. The minimum atomic E-state index is -1.49. The summed E-state index contributed by atoms with van der Waals surface area (Å²) in [7, 11) is 0. The van der Waals surface area contributed by atoms with E-state index < -0.39 is 29.4 Å². The molecule has 2 aliphatic heterocycles. The van der Waals surface area contributed by atoms with Gasteiger partial charge in [0.2, 0.25) is 5.91 Å². The average molecular weight is 367 g/mol. The van der Waals surface area contributed by atoms with Gasteiger partial charge in [-0.3, -0.25) is 4.79 Å². The highest BCUT2D eigenvalue weighted by molar-refractivity contribution is 5.85. The maximum absolute atomic E-state index is 13.3. The van der Waals surface area contributed by atoms with Gasteiger partial charge in [0.25, 0.3) is 0 Å². The van der Waals surface area contributed by atoms with E-state index in [9.17, 15) is 20.1 Å². The molecular formula is C20H33NO5. The molecule has 3 aliphatic rings. The normalized spacial score (nSPS) is 41.6. The van der Waals surface area contributed by atoms with Crippen LogP contribution in [0.5, 0.6) is 0 Å². The molecule has 6 heteroatoms. The van der Waals surface area contributed by atoms with Gasteiger partial charge in [0.15, 0.2) is 0 Å². The fourth-order valence-corrected chi connectivity index (χ4v) is 5.13. The van der Waals surface area contributed by atoms with Gasteiger partial charge >= 0.3 is 0 Å². The third-order valence-corrected chi connectivity index (χ3v) is 6.56. The zero-order valence-electron chi connectivity index (χ0n) is 16.3. The first-order chi connectivity index (χ1) is 12.1. The molecule has 6 nitrogen and oxygen atoms in total. The van der Waals surface area contributed by atoms with Crippen molar-refractivity contribution >= 4 is 5.91 Å². The molecule has 2 heterocycles. The maximum Gasteiger partial charge on any atom is 0.231 e. The van der Waals surface area contributed by atoms with E-state index >= 15 is 0 Å². The molecule has 0 aromatic heterocycles. The van der Waals surface area contributed by atoms with Crippen molar-refractivity contribution in [1.82, 2.24) is 4.90 Å². The summed E-state index contributed by atoms with van der Waals surface area (Å²) in [5.41, 5.74) is -3.05. The fraction of sp³-hybridized carbons (Fsp3) is 0.850. The second kappa shape index (κ2) is 6.59. The number of aliphatic hydroxyl groups is 3. The highest BCUT2D eigenvalue weighted by Crippen LogP contribution is 2.55. The summed E-state index contributed by atoms with van der Waals surface area (Å²) in [5.74, 6) is -1.11. The molecule has 148 valence electrons. The Morgan fingerprint density at radius 1 is 1.42 bits per heavy atom. The van der Waals surface area contributed by atoms with Gasteiger partial charge in [-0.05, 0) is 32.6 Å². The first-order valence-corrected chi connectivity index (χ1v) is 9.71. The van der Waals surface area contributed by atoms with Crippen molar-refractivity contribution in [3.63, 3.8) is 0 Å². The van der Waals surface area contributed by atoms with Crippen LogP contribution in [0.4, 0.5) is 0 Å². The van der Waals surface area contributed by atoms with E-state index in [2.05, 4.69) is 6.08 Å². The Morgan fingerprint density at radius 2 is 2.12 bits per heavy atom. The monoisotopic (exact) mass is 367 g/mol. The molecule has 0 radical (unpaired) electrons. The summed E-state index contributed by atoms with van der Waals surface area (Å²) >= 11 is 0. The number of nitrogens with zero attached hydrogens (tertiary/aromatic N) is 1. The van der Waals surface area contributed by atoms with Crippen LogP contribution in [-0.4, -0.2) is 62.8 Å². The van der Waals surface area contributed by atoms with Crippen molar-refractivity contribution in [2.75, 3.05) is 13.2 Å². The number of carbonyl (C=O) groups is 1. The lowest BCUT2D eigenvalue weighted by molar-refractivity contribution is -0.149. The number of aliphatic hydroxyl groups excluding tert-OH is 2. The number of amides is 1. The molecule has 3 rings (SSSR count). The molecule has 2 fully saturated rings. The Bertz CT molecular complexity index is 581. The highest BCUT2D eigenvalue weighted by atomic mass is 16.5. The van der Waals surface area contributed by atoms with Crippen LogP contribution in [0.25, 0.3) is 0 Å². The number of hydrogen-bond acceptors (Lipinski definition) is 5. The van der Waals surface area contributed by atoms with Crippen molar-refractivity contribution in [3.05, 3.63) is 12.2 Å². The summed E-state index contributed by atoms with van der Waals surface area (Å²) < 4.78 is 6.03. The molecule has 0 saturated carbocycles. The molecule has 2 saturated heterocycles. The Kier molecular flexibility index (Phi) is 5.02. The van der Waals surface area contributed by atoms with Crippen molar-refractivity contribution < 1.29 is 24.9 Å².